The molecule has 0 radical (unpaired) electrons. The van der Waals surface area contributed by atoms with Crippen molar-refractivity contribution in [2.45, 2.75) is 48.5 Å². The Bertz CT molecular complexity index is 1120. The summed E-state index contributed by atoms with van der Waals surface area (Å²) >= 11 is 1.30. The number of aromatic nitrogens is 1. The van der Waals surface area contributed by atoms with E-state index in [1.165, 1.54) is 23.5 Å². The van der Waals surface area contributed by atoms with Crippen molar-refractivity contribution in [1.29, 1.82) is 0 Å². The minimum absolute atomic E-state index is 0.0276. The number of hydrogen-bond acceptors (Lipinski definition) is 10. The molecule has 1 atom stereocenters. The number of nitrogens with zero attached hydrogens (tertiary/aromatic N) is 2. The predicted octanol–water partition coefficient (Wildman–Crippen LogP) is 2.78. The highest BCUT2D eigenvalue weighted by Crippen LogP contribution is 2.33. The number of carbonyl (C=O) groups is 1. The topological polar surface area (TPSA) is 125 Å². The number of nitrogens with one attached hydrogen (secondary N) is 1. The van der Waals surface area contributed by atoms with Crippen molar-refractivity contribution in [3.63, 3.8) is 0 Å². The van der Waals surface area contributed by atoms with Crippen molar-refractivity contribution >= 4 is 37.9 Å². The van der Waals surface area contributed by atoms with Gasteiger partial charge >= 0.3 is 0 Å². The van der Waals surface area contributed by atoms with Crippen molar-refractivity contribution in [3.05, 3.63) is 40.9 Å². The summed E-state index contributed by atoms with van der Waals surface area (Å²) in [5.74, 6) is -0.511. The van der Waals surface area contributed by atoms with E-state index in [4.69, 9.17) is 19.0 Å². The fourth-order valence-electron chi connectivity index (χ4n) is 3.39. The first-order chi connectivity index (χ1) is 17.0. The number of benzene rings is 1. The molecule has 4 rings (SSSR count). The molecule has 2 heterocycles. The lowest BCUT2D eigenvalue weighted by atomic mass is 10.1. The fraction of sp³-hybridized carbons (Fsp3) is 0.522. The molecule has 12 heteroatoms. The van der Waals surface area contributed by atoms with E-state index < -0.39 is 15.7 Å². The Morgan fingerprint density at radius 1 is 1.23 bits per heavy atom. The normalized spacial score (nSPS) is 18.5. The summed E-state index contributed by atoms with van der Waals surface area (Å²) in [6.07, 6.45) is 4.25. The monoisotopic (exact) mass is 523 g/mol. The van der Waals surface area contributed by atoms with Gasteiger partial charge < -0.3 is 19.0 Å². The Hall–Kier alpha value is -2.38. The first-order valence-electron chi connectivity index (χ1n) is 11.5. The van der Waals surface area contributed by atoms with Gasteiger partial charge in [0.15, 0.2) is 26.8 Å². The Labute approximate surface area is 208 Å². The molecular formula is C23H29N3O7S2. The summed E-state index contributed by atoms with van der Waals surface area (Å²) in [5.41, 5.74) is 0.467. The molecule has 1 N–H and O–H groups in total. The lowest BCUT2D eigenvalue weighted by Gasteiger charge is -2.10. The Kier molecular flexibility index (Phi) is 8.84. The summed E-state index contributed by atoms with van der Waals surface area (Å²) in [6, 6.07) is 6.16. The van der Waals surface area contributed by atoms with Gasteiger partial charge in [0.05, 0.1) is 34.8 Å². The molecule has 1 amide bonds. The molecule has 1 saturated heterocycles. The average molecular weight is 524 g/mol. The van der Waals surface area contributed by atoms with Crippen molar-refractivity contribution in [3.8, 4) is 0 Å². The number of anilines is 1. The molecule has 2 aliphatic rings. The Morgan fingerprint density at radius 3 is 2.71 bits per heavy atom. The lowest BCUT2D eigenvalue weighted by Crippen LogP contribution is -2.25. The van der Waals surface area contributed by atoms with Crippen LogP contribution < -0.4 is 5.32 Å². The minimum atomic E-state index is -3.33. The third kappa shape index (κ3) is 7.07. The van der Waals surface area contributed by atoms with E-state index >= 15 is 0 Å². The number of hydrogen-bond donors (Lipinski definition) is 1. The summed E-state index contributed by atoms with van der Waals surface area (Å²) in [6.45, 7) is 2.57. The Balaban J connectivity index is 1.44. The maximum absolute atomic E-state index is 13.1. The zero-order valence-corrected chi connectivity index (χ0v) is 21.1. The first-order valence-corrected chi connectivity index (χ1v) is 13.8. The average Bonchev–Trinajstić information content (AvgIpc) is 3.43. The number of thiazole rings is 1. The Morgan fingerprint density at radius 2 is 2.03 bits per heavy atom. The number of amides is 1. The number of carbonyl (C=O) groups excluding carboxylic acids is 1. The van der Waals surface area contributed by atoms with Crippen LogP contribution in [-0.4, -0.2) is 69.9 Å². The molecule has 1 aromatic carbocycles. The zero-order valence-electron chi connectivity index (χ0n) is 19.5. The third-order valence-electron chi connectivity index (χ3n) is 5.47. The first kappa shape index (κ1) is 25.7. The molecule has 2 fully saturated rings. The molecule has 2 aromatic rings. The van der Waals surface area contributed by atoms with Gasteiger partial charge in [-0.15, -0.1) is 0 Å². The van der Waals surface area contributed by atoms with Crippen molar-refractivity contribution < 1.29 is 32.3 Å². The van der Waals surface area contributed by atoms with Crippen LogP contribution in [-0.2, 0) is 40.3 Å². The van der Waals surface area contributed by atoms with Gasteiger partial charge in [-0.05, 0) is 31.4 Å². The highest BCUT2D eigenvalue weighted by Gasteiger charge is 2.36. The quantitative estimate of drug-likeness (QED) is 0.241. The fourth-order valence-corrected chi connectivity index (χ4v) is 5.79. The number of ether oxygens (including phenoxy) is 3. The zero-order chi connectivity index (χ0) is 24.7. The highest BCUT2D eigenvalue weighted by atomic mass is 32.2. The van der Waals surface area contributed by atoms with Crippen molar-refractivity contribution in [1.82, 2.24) is 4.98 Å². The van der Waals surface area contributed by atoms with Gasteiger partial charge in [-0.25, -0.2) is 13.4 Å². The molecule has 1 aliphatic heterocycles. The molecule has 0 bridgehead atoms. The number of methoxy groups -OCH3 is 1. The van der Waals surface area contributed by atoms with Gasteiger partial charge in [0.25, 0.3) is 5.91 Å². The van der Waals surface area contributed by atoms with Gasteiger partial charge in [-0.2, -0.15) is 0 Å². The summed E-state index contributed by atoms with van der Waals surface area (Å²) < 4.78 is 40.9. The van der Waals surface area contributed by atoms with Crippen LogP contribution in [0.15, 0.2) is 40.5 Å². The second-order valence-corrected chi connectivity index (χ2v) is 11.6. The minimum Gasteiger partial charge on any atom is -0.389 e. The molecular weight excluding hydrogens is 494 g/mol. The van der Waals surface area contributed by atoms with Gasteiger partial charge in [0, 0.05) is 38.5 Å². The molecule has 1 aliphatic carbocycles. The van der Waals surface area contributed by atoms with Crippen LogP contribution in [0.4, 0.5) is 5.13 Å². The molecule has 10 nitrogen and oxygen atoms in total. The van der Waals surface area contributed by atoms with E-state index in [1.807, 2.05) is 0 Å². The molecule has 190 valence electrons. The number of oxime groups is 1. The molecule has 35 heavy (non-hydrogen) atoms. The van der Waals surface area contributed by atoms with Gasteiger partial charge in [-0.3, -0.25) is 10.1 Å². The molecule has 0 spiro atoms. The van der Waals surface area contributed by atoms with Crippen LogP contribution in [0.1, 0.15) is 36.1 Å². The maximum Gasteiger partial charge on any atom is 0.280 e. The summed E-state index contributed by atoms with van der Waals surface area (Å²) in [5, 5.41) is 6.96. The van der Waals surface area contributed by atoms with E-state index in [0.717, 1.165) is 11.3 Å². The largest absolute Gasteiger partial charge is 0.389 e. The van der Waals surface area contributed by atoms with Crippen LogP contribution in [0.25, 0.3) is 0 Å². The number of rotatable bonds is 13. The van der Waals surface area contributed by atoms with Gasteiger partial charge in [0.2, 0.25) is 0 Å². The van der Waals surface area contributed by atoms with Crippen LogP contribution >= 0.6 is 11.3 Å². The van der Waals surface area contributed by atoms with Gasteiger partial charge in [-0.1, -0.05) is 28.6 Å². The van der Waals surface area contributed by atoms with E-state index in [2.05, 4.69) is 15.5 Å². The molecule has 1 aromatic heterocycles. The second kappa shape index (κ2) is 12.0. The van der Waals surface area contributed by atoms with Gasteiger partial charge in [0.1, 0.15) is 0 Å². The maximum atomic E-state index is 13.1. The van der Waals surface area contributed by atoms with E-state index in [9.17, 15) is 13.2 Å². The van der Waals surface area contributed by atoms with E-state index in [0.29, 0.717) is 63.0 Å². The summed E-state index contributed by atoms with van der Waals surface area (Å²) in [4.78, 5) is 24.0. The standard InChI is InChI=1S/C23H29N3O7S2/c1-30-10-2-11-31-15-18-13-24-23(34-18)25-22(27)21(26-33-17-9-12-32-14-17)16-3-5-19(6-4-16)35(28,29)20-7-8-20/h3-6,13,17,20H,2,7-12,14-15H2,1H3,(H,24,25,27)/t17-/m1/s1. The SMILES string of the molecule is COCCCOCc1cnc(NC(=O)C(=NO[C@@H]2CCOC2)c2ccc(S(=O)(=O)C3CC3)cc2)s1. The number of sulfone groups is 1. The summed E-state index contributed by atoms with van der Waals surface area (Å²) in [7, 11) is -1.68. The third-order valence-corrected chi connectivity index (χ3v) is 8.64. The van der Waals surface area contributed by atoms with E-state index in [1.54, 1.807) is 25.4 Å². The predicted molar refractivity (Wildman–Crippen MR) is 130 cm³/mol. The lowest BCUT2D eigenvalue weighted by molar-refractivity contribution is -0.110. The van der Waals surface area contributed by atoms with Crippen LogP contribution in [0.5, 0.6) is 0 Å². The molecule has 1 saturated carbocycles. The van der Waals surface area contributed by atoms with Crippen molar-refractivity contribution in [2.24, 2.45) is 5.16 Å². The molecule has 0 unspecified atom stereocenters. The van der Waals surface area contributed by atoms with E-state index in [-0.39, 0.29) is 22.0 Å². The van der Waals surface area contributed by atoms with Crippen LogP contribution in [0.3, 0.4) is 0 Å². The second-order valence-electron chi connectivity index (χ2n) is 8.28. The van der Waals surface area contributed by atoms with Crippen LogP contribution in [0.2, 0.25) is 0 Å². The van der Waals surface area contributed by atoms with Crippen molar-refractivity contribution in [2.75, 3.05) is 38.9 Å². The van der Waals surface area contributed by atoms with Crippen LogP contribution in [0, 0.1) is 0 Å². The smallest absolute Gasteiger partial charge is 0.280 e. The highest BCUT2D eigenvalue weighted by molar-refractivity contribution is 7.92.